The maximum absolute atomic E-state index is 12.2. The van der Waals surface area contributed by atoms with E-state index in [4.69, 9.17) is 10.5 Å². The van der Waals surface area contributed by atoms with Gasteiger partial charge in [0.05, 0.1) is 12.2 Å². The number of nitrogens with one attached hydrogen (secondary N) is 1. The number of hydrogen-bond acceptors (Lipinski definition) is 3. The predicted octanol–water partition coefficient (Wildman–Crippen LogP) is 2.65. The average molecular weight is 284 g/mol. The fourth-order valence-electron chi connectivity index (χ4n) is 2.18. The second-order valence-electron chi connectivity index (χ2n) is 4.92. The molecule has 0 heterocycles. The summed E-state index contributed by atoms with van der Waals surface area (Å²) in [7, 11) is 1.66. The van der Waals surface area contributed by atoms with Crippen molar-refractivity contribution in [1.29, 1.82) is 0 Å². The Kier molecular flexibility index (Phi) is 4.95. The summed E-state index contributed by atoms with van der Waals surface area (Å²) < 4.78 is 5.16. The van der Waals surface area contributed by atoms with Crippen molar-refractivity contribution < 1.29 is 9.53 Å². The number of methoxy groups -OCH3 is 1. The zero-order valence-corrected chi connectivity index (χ0v) is 12.3. The Bertz CT molecular complexity index is 638. The highest BCUT2D eigenvalue weighted by molar-refractivity contribution is 5.99. The van der Waals surface area contributed by atoms with Gasteiger partial charge in [0.15, 0.2) is 0 Å². The van der Waals surface area contributed by atoms with Crippen LogP contribution in [0.15, 0.2) is 42.5 Å². The SMILES string of the molecule is COCc1ccccc1CNC(=O)c1cccc(C)c1N. The zero-order valence-electron chi connectivity index (χ0n) is 12.3. The zero-order chi connectivity index (χ0) is 15.2. The molecule has 2 aromatic rings. The summed E-state index contributed by atoms with van der Waals surface area (Å²) in [6.45, 7) is 2.87. The van der Waals surface area contributed by atoms with Crippen molar-refractivity contribution in [3.05, 3.63) is 64.7 Å². The Labute approximate surface area is 124 Å². The Morgan fingerprint density at radius 1 is 1.14 bits per heavy atom. The fourth-order valence-corrected chi connectivity index (χ4v) is 2.18. The summed E-state index contributed by atoms with van der Waals surface area (Å²) in [5.41, 5.74) is 10.0. The minimum Gasteiger partial charge on any atom is -0.398 e. The molecule has 0 saturated heterocycles. The number of nitrogen functional groups attached to an aromatic ring is 1. The van der Waals surface area contributed by atoms with Crippen LogP contribution >= 0.6 is 0 Å². The lowest BCUT2D eigenvalue weighted by molar-refractivity contribution is 0.0951. The maximum atomic E-state index is 12.2. The molecule has 0 atom stereocenters. The smallest absolute Gasteiger partial charge is 0.253 e. The van der Waals surface area contributed by atoms with E-state index in [9.17, 15) is 4.79 Å². The molecule has 0 aliphatic heterocycles. The van der Waals surface area contributed by atoms with Gasteiger partial charge in [-0.25, -0.2) is 0 Å². The third-order valence-corrected chi connectivity index (χ3v) is 3.43. The molecule has 2 rings (SSSR count). The van der Waals surface area contributed by atoms with Gasteiger partial charge < -0.3 is 15.8 Å². The molecule has 0 aliphatic carbocycles. The lowest BCUT2D eigenvalue weighted by Crippen LogP contribution is -2.24. The van der Waals surface area contributed by atoms with Crippen molar-refractivity contribution in [2.24, 2.45) is 0 Å². The molecule has 4 heteroatoms. The molecule has 0 fully saturated rings. The van der Waals surface area contributed by atoms with Crippen LogP contribution in [0.4, 0.5) is 5.69 Å². The molecule has 110 valence electrons. The topological polar surface area (TPSA) is 64.3 Å². The summed E-state index contributed by atoms with van der Waals surface area (Å²) in [4.78, 5) is 12.2. The number of hydrogen-bond donors (Lipinski definition) is 2. The normalized spacial score (nSPS) is 10.4. The standard InChI is InChI=1S/C17H20N2O2/c1-12-6-5-9-15(16(12)18)17(20)19-10-13-7-3-4-8-14(13)11-21-2/h3-9H,10-11,18H2,1-2H3,(H,19,20). The van der Waals surface area contributed by atoms with E-state index in [2.05, 4.69) is 5.32 Å². The van der Waals surface area contributed by atoms with Crippen molar-refractivity contribution in [3.8, 4) is 0 Å². The minimum atomic E-state index is -0.164. The van der Waals surface area contributed by atoms with E-state index in [1.807, 2.05) is 43.3 Å². The van der Waals surface area contributed by atoms with Crippen LogP contribution in [0.2, 0.25) is 0 Å². The molecule has 4 nitrogen and oxygen atoms in total. The number of aryl methyl sites for hydroxylation is 1. The van der Waals surface area contributed by atoms with E-state index in [0.717, 1.165) is 16.7 Å². The summed E-state index contributed by atoms with van der Waals surface area (Å²) >= 11 is 0. The minimum absolute atomic E-state index is 0.164. The number of ether oxygens (including phenoxy) is 1. The van der Waals surface area contributed by atoms with Crippen LogP contribution in [0.3, 0.4) is 0 Å². The number of carbonyl (C=O) groups excluding carboxylic acids is 1. The molecule has 0 saturated carbocycles. The molecule has 0 radical (unpaired) electrons. The highest BCUT2D eigenvalue weighted by Crippen LogP contribution is 2.16. The highest BCUT2D eigenvalue weighted by atomic mass is 16.5. The summed E-state index contributed by atoms with van der Waals surface area (Å²) in [5, 5.41) is 2.91. The van der Waals surface area contributed by atoms with Gasteiger partial charge in [-0.1, -0.05) is 36.4 Å². The van der Waals surface area contributed by atoms with Crippen LogP contribution in [0.5, 0.6) is 0 Å². The third kappa shape index (κ3) is 3.61. The summed E-state index contributed by atoms with van der Waals surface area (Å²) in [6, 6.07) is 13.3. The van der Waals surface area contributed by atoms with Crippen molar-refractivity contribution in [1.82, 2.24) is 5.32 Å². The number of amides is 1. The van der Waals surface area contributed by atoms with Gasteiger partial charge in [0, 0.05) is 19.3 Å². The Balaban J connectivity index is 2.09. The molecule has 0 aliphatic rings. The first-order valence-electron chi connectivity index (χ1n) is 6.82. The van der Waals surface area contributed by atoms with E-state index < -0.39 is 0 Å². The Morgan fingerprint density at radius 2 is 1.86 bits per heavy atom. The van der Waals surface area contributed by atoms with Crippen LogP contribution in [-0.4, -0.2) is 13.0 Å². The summed E-state index contributed by atoms with van der Waals surface area (Å²) in [6.07, 6.45) is 0. The van der Waals surface area contributed by atoms with Gasteiger partial charge in [0.2, 0.25) is 0 Å². The van der Waals surface area contributed by atoms with Gasteiger partial charge in [-0.3, -0.25) is 4.79 Å². The molecule has 3 N–H and O–H groups in total. The maximum Gasteiger partial charge on any atom is 0.253 e. The monoisotopic (exact) mass is 284 g/mol. The molecular weight excluding hydrogens is 264 g/mol. The number of carbonyl (C=O) groups is 1. The van der Waals surface area contributed by atoms with E-state index >= 15 is 0 Å². The van der Waals surface area contributed by atoms with Crippen molar-refractivity contribution in [2.75, 3.05) is 12.8 Å². The fraction of sp³-hybridized carbons (Fsp3) is 0.235. The van der Waals surface area contributed by atoms with E-state index in [1.165, 1.54) is 0 Å². The van der Waals surface area contributed by atoms with E-state index in [0.29, 0.717) is 24.4 Å². The summed E-state index contributed by atoms with van der Waals surface area (Å²) in [5.74, 6) is -0.164. The number of anilines is 1. The predicted molar refractivity (Wildman–Crippen MR) is 83.9 cm³/mol. The van der Waals surface area contributed by atoms with Gasteiger partial charge in [-0.15, -0.1) is 0 Å². The first-order chi connectivity index (χ1) is 10.1. The van der Waals surface area contributed by atoms with Crippen LogP contribution in [0.1, 0.15) is 27.0 Å². The number of para-hydroxylation sites is 1. The van der Waals surface area contributed by atoms with E-state index in [1.54, 1.807) is 13.2 Å². The van der Waals surface area contributed by atoms with Gasteiger partial charge >= 0.3 is 0 Å². The molecular formula is C17H20N2O2. The van der Waals surface area contributed by atoms with Crippen molar-refractivity contribution in [3.63, 3.8) is 0 Å². The third-order valence-electron chi connectivity index (χ3n) is 3.43. The number of nitrogens with two attached hydrogens (primary N) is 1. The van der Waals surface area contributed by atoms with Crippen LogP contribution in [0.25, 0.3) is 0 Å². The molecule has 0 spiro atoms. The van der Waals surface area contributed by atoms with Crippen LogP contribution in [0, 0.1) is 6.92 Å². The Morgan fingerprint density at radius 3 is 2.57 bits per heavy atom. The largest absolute Gasteiger partial charge is 0.398 e. The molecule has 2 aromatic carbocycles. The number of benzene rings is 2. The molecule has 0 unspecified atom stereocenters. The Hall–Kier alpha value is -2.33. The molecule has 1 amide bonds. The lowest BCUT2D eigenvalue weighted by atomic mass is 10.1. The molecule has 0 bridgehead atoms. The first-order valence-corrected chi connectivity index (χ1v) is 6.82. The molecule has 21 heavy (non-hydrogen) atoms. The quantitative estimate of drug-likeness (QED) is 0.830. The number of rotatable bonds is 5. The highest BCUT2D eigenvalue weighted by Gasteiger charge is 2.11. The lowest BCUT2D eigenvalue weighted by Gasteiger charge is -2.12. The van der Waals surface area contributed by atoms with Gasteiger partial charge in [0.1, 0.15) is 0 Å². The van der Waals surface area contributed by atoms with Gasteiger partial charge in [-0.05, 0) is 29.7 Å². The van der Waals surface area contributed by atoms with Crippen molar-refractivity contribution >= 4 is 11.6 Å². The first kappa shape index (κ1) is 15.1. The van der Waals surface area contributed by atoms with Gasteiger partial charge in [-0.2, -0.15) is 0 Å². The van der Waals surface area contributed by atoms with Gasteiger partial charge in [0.25, 0.3) is 5.91 Å². The molecule has 0 aromatic heterocycles. The van der Waals surface area contributed by atoms with Crippen LogP contribution < -0.4 is 11.1 Å². The second kappa shape index (κ2) is 6.90. The van der Waals surface area contributed by atoms with Crippen molar-refractivity contribution in [2.45, 2.75) is 20.1 Å². The average Bonchev–Trinajstić information content (AvgIpc) is 2.49. The van der Waals surface area contributed by atoms with E-state index in [-0.39, 0.29) is 5.91 Å². The van der Waals surface area contributed by atoms with Crippen LogP contribution in [-0.2, 0) is 17.9 Å². The second-order valence-corrected chi connectivity index (χ2v) is 4.92.